The van der Waals surface area contributed by atoms with Crippen LogP contribution < -0.4 is 10.6 Å². The molecule has 0 bridgehead atoms. The Kier molecular flexibility index (Phi) is 4.49. The molecule has 0 saturated heterocycles. The van der Waals surface area contributed by atoms with Crippen molar-refractivity contribution in [3.05, 3.63) is 94.2 Å². The monoisotopic (exact) mass is 443 g/mol. The SMILES string of the molecule is O=c1n(Cc2nc(-c3cccc(F)c3)no2)nc2c(N3CCc4ccccc4C3)nccn12. The van der Waals surface area contributed by atoms with Crippen LogP contribution in [0.3, 0.4) is 0 Å². The van der Waals surface area contributed by atoms with Gasteiger partial charge >= 0.3 is 5.69 Å². The van der Waals surface area contributed by atoms with Crippen LogP contribution in [-0.4, -0.2) is 35.9 Å². The zero-order valence-electron chi connectivity index (χ0n) is 17.4. The first kappa shape index (κ1) is 19.4. The van der Waals surface area contributed by atoms with E-state index in [1.807, 2.05) is 12.1 Å². The van der Waals surface area contributed by atoms with Crippen molar-refractivity contribution in [2.24, 2.45) is 0 Å². The van der Waals surface area contributed by atoms with Crippen LogP contribution in [0.15, 0.2) is 70.2 Å². The molecule has 0 fully saturated rings. The number of hydrogen-bond donors (Lipinski definition) is 0. The fourth-order valence-electron chi connectivity index (χ4n) is 4.13. The standard InChI is InChI=1S/C23H18FN7O2/c24-18-7-3-6-16(12-18)20-26-19(33-28-20)14-31-23(32)30-11-9-25-21(22(30)27-31)29-10-8-15-4-1-2-5-17(15)13-29/h1-7,9,11-12H,8,10,13-14H2. The maximum Gasteiger partial charge on any atom is 0.350 e. The number of rotatable bonds is 4. The van der Waals surface area contributed by atoms with E-state index in [2.05, 4.69) is 37.3 Å². The fourth-order valence-corrected chi connectivity index (χ4v) is 4.13. The predicted molar refractivity (Wildman–Crippen MR) is 117 cm³/mol. The van der Waals surface area contributed by atoms with Gasteiger partial charge in [0, 0.05) is 31.0 Å². The van der Waals surface area contributed by atoms with Crippen LogP contribution in [-0.2, 0) is 19.5 Å². The van der Waals surface area contributed by atoms with E-state index in [0.29, 0.717) is 23.6 Å². The number of fused-ring (bicyclic) bond motifs is 2. The summed E-state index contributed by atoms with van der Waals surface area (Å²) in [7, 11) is 0. The zero-order valence-corrected chi connectivity index (χ0v) is 17.4. The lowest BCUT2D eigenvalue weighted by atomic mass is 10.00. The van der Waals surface area contributed by atoms with Gasteiger partial charge in [0.2, 0.25) is 17.4 Å². The van der Waals surface area contributed by atoms with E-state index in [1.165, 1.54) is 32.3 Å². The normalized spacial score (nSPS) is 13.4. The number of anilines is 1. The third kappa shape index (κ3) is 3.45. The van der Waals surface area contributed by atoms with Crippen molar-refractivity contribution < 1.29 is 8.91 Å². The van der Waals surface area contributed by atoms with Crippen LogP contribution in [0.25, 0.3) is 17.0 Å². The first-order valence-corrected chi connectivity index (χ1v) is 10.5. The Balaban J connectivity index is 1.32. The average molecular weight is 443 g/mol. The molecule has 0 amide bonds. The van der Waals surface area contributed by atoms with E-state index in [1.54, 1.807) is 24.5 Å². The highest BCUT2D eigenvalue weighted by Crippen LogP contribution is 2.25. The quantitative estimate of drug-likeness (QED) is 0.422. The van der Waals surface area contributed by atoms with Gasteiger partial charge in [-0.15, -0.1) is 5.10 Å². The molecule has 0 saturated carbocycles. The average Bonchev–Trinajstić information content (AvgIpc) is 3.44. The second-order valence-electron chi connectivity index (χ2n) is 7.85. The molecule has 164 valence electrons. The molecule has 0 spiro atoms. The summed E-state index contributed by atoms with van der Waals surface area (Å²) in [6.45, 7) is 1.47. The Bertz CT molecular complexity index is 1540. The van der Waals surface area contributed by atoms with Crippen LogP contribution in [0.1, 0.15) is 17.0 Å². The summed E-state index contributed by atoms with van der Waals surface area (Å²) in [6.07, 6.45) is 4.09. The van der Waals surface area contributed by atoms with Gasteiger partial charge < -0.3 is 9.42 Å². The molecule has 2 aromatic carbocycles. The van der Waals surface area contributed by atoms with Crippen molar-refractivity contribution in [3.8, 4) is 11.4 Å². The molecular formula is C23H18FN7O2. The van der Waals surface area contributed by atoms with Crippen LogP contribution in [0, 0.1) is 5.82 Å². The molecular weight excluding hydrogens is 425 g/mol. The predicted octanol–water partition coefficient (Wildman–Crippen LogP) is 2.69. The van der Waals surface area contributed by atoms with Crippen molar-refractivity contribution >= 4 is 11.5 Å². The number of benzene rings is 2. The molecule has 33 heavy (non-hydrogen) atoms. The Morgan fingerprint density at radius 1 is 1.09 bits per heavy atom. The lowest BCUT2D eigenvalue weighted by Gasteiger charge is -2.29. The van der Waals surface area contributed by atoms with Gasteiger partial charge in [0.05, 0.1) is 0 Å². The van der Waals surface area contributed by atoms with Gasteiger partial charge in [0.1, 0.15) is 12.4 Å². The zero-order chi connectivity index (χ0) is 22.4. The van der Waals surface area contributed by atoms with Gasteiger partial charge in [-0.1, -0.05) is 41.6 Å². The molecule has 3 aromatic heterocycles. The molecule has 4 heterocycles. The molecule has 1 aliphatic rings. The van der Waals surface area contributed by atoms with Crippen molar-refractivity contribution in [3.63, 3.8) is 0 Å². The highest BCUT2D eigenvalue weighted by atomic mass is 19.1. The molecule has 0 atom stereocenters. The molecule has 0 radical (unpaired) electrons. The molecule has 1 aliphatic heterocycles. The second-order valence-corrected chi connectivity index (χ2v) is 7.85. The lowest BCUT2D eigenvalue weighted by Crippen LogP contribution is -2.31. The van der Waals surface area contributed by atoms with E-state index in [4.69, 9.17) is 4.52 Å². The van der Waals surface area contributed by atoms with Crippen molar-refractivity contribution in [2.45, 2.75) is 19.5 Å². The Morgan fingerprint density at radius 2 is 1.97 bits per heavy atom. The second kappa shape index (κ2) is 7.66. The van der Waals surface area contributed by atoms with Gasteiger partial charge in [-0.2, -0.15) is 4.98 Å². The van der Waals surface area contributed by atoms with Crippen LogP contribution in [0.2, 0.25) is 0 Å². The summed E-state index contributed by atoms with van der Waals surface area (Å²) < 4.78 is 21.5. The summed E-state index contributed by atoms with van der Waals surface area (Å²) in [4.78, 5) is 23.9. The summed E-state index contributed by atoms with van der Waals surface area (Å²) in [6, 6.07) is 14.2. The first-order valence-electron chi connectivity index (χ1n) is 10.5. The Hall–Kier alpha value is -4.34. The molecule has 9 nitrogen and oxygen atoms in total. The highest BCUT2D eigenvalue weighted by molar-refractivity contribution is 5.64. The molecule has 5 aromatic rings. The summed E-state index contributed by atoms with van der Waals surface area (Å²) in [5, 5.41) is 8.41. The number of hydrogen-bond acceptors (Lipinski definition) is 7. The summed E-state index contributed by atoms with van der Waals surface area (Å²) in [5.41, 5.74) is 3.19. The molecule has 6 rings (SSSR count). The molecule has 10 heteroatoms. The molecule has 0 aliphatic carbocycles. The minimum atomic E-state index is -0.393. The van der Waals surface area contributed by atoms with E-state index in [-0.39, 0.29) is 23.9 Å². The van der Waals surface area contributed by atoms with Gasteiger partial charge in [0.15, 0.2) is 5.82 Å². The highest BCUT2D eigenvalue weighted by Gasteiger charge is 2.22. The Morgan fingerprint density at radius 3 is 2.85 bits per heavy atom. The number of aromatic nitrogens is 6. The molecule has 0 N–H and O–H groups in total. The van der Waals surface area contributed by atoms with Crippen molar-refractivity contribution in [1.29, 1.82) is 0 Å². The van der Waals surface area contributed by atoms with Gasteiger partial charge in [-0.05, 0) is 29.7 Å². The van der Waals surface area contributed by atoms with Crippen LogP contribution >= 0.6 is 0 Å². The van der Waals surface area contributed by atoms with Gasteiger partial charge in [-0.3, -0.25) is 0 Å². The minimum absolute atomic E-state index is 0.00883. The van der Waals surface area contributed by atoms with Crippen LogP contribution in [0.5, 0.6) is 0 Å². The van der Waals surface area contributed by atoms with E-state index in [9.17, 15) is 9.18 Å². The van der Waals surface area contributed by atoms with E-state index < -0.39 is 5.82 Å². The Labute approximate surface area is 186 Å². The maximum absolute atomic E-state index is 13.5. The smallest absolute Gasteiger partial charge is 0.349 e. The minimum Gasteiger partial charge on any atom is -0.349 e. The lowest BCUT2D eigenvalue weighted by molar-refractivity contribution is 0.364. The third-order valence-electron chi connectivity index (χ3n) is 5.75. The summed E-state index contributed by atoms with van der Waals surface area (Å²) >= 11 is 0. The fraction of sp³-hybridized carbons (Fsp3) is 0.174. The van der Waals surface area contributed by atoms with Crippen molar-refractivity contribution in [2.75, 3.05) is 11.4 Å². The topological polar surface area (TPSA) is 94.3 Å². The van der Waals surface area contributed by atoms with Crippen molar-refractivity contribution in [1.82, 2.24) is 29.3 Å². The van der Waals surface area contributed by atoms with Gasteiger partial charge in [0.25, 0.3) is 0 Å². The van der Waals surface area contributed by atoms with E-state index >= 15 is 0 Å². The molecule has 0 unspecified atom stereocenters. The van der Waals surface area contributed by atoms with Gasteiger partial charge in [-0.25, -0.2) is 23.3 Å². The largest absolute Gasteiger partial charge is 0.350 e. The maximum atomic E-state index is 13.5. The van der Waals surface area contributed by atoms with Crippen LogP contribution in [0.4, 0.5) is 10.2 Å². The summed E-state index contributed by atoms with van der Waals surface area (Å²) in [5.74, 6) is 0.696. The first-order chi connectivity index (χ1) is 16.2. The number of halogens is 1. The van der Waals surface area contributed by atoms with E-state index in [0.717, 1.165) is 13.0 Å². The third-order valence-corrected chi connectivity index (χ3v) is 5.75. The number of nitrogens with zero attached hydrogens (tertiary/aromatic N) is 7.